The van der Waals surface area contributed by atoms with E-state index in [-0.39, 0.29) is 18.6 Å². The number of hydrogen-bond donors (Lipinski definition) is 1. The van der Waals surface area contributed by atoms with Crippen LogP contribution in [0.3, 0.4) is 0 Å². The molecule has 3 heteroatoms. The first kappa shape index (κ1) is 16.6. The van der Waals surface area contributed by atoms with Crippen LogP contribution in [0, 0.1) is 20.8 Å². The van der Waals surface area contributed by atoms with E-state index in [0.717, 1.165) is 36.1 Å². The van der Waals surface area contributed by atoms with Gasteiger partial charge in [-0.1, -0.05) is 30.3 Å². The first-order valence-electron chi connectivity index (χ1n) is 8.62. The molecule has 1 aliphatic carbocycles. The maximum atomic E-state index is 12.3. The van der Waals surface area contributed by atoms with Crippen molar-refractivity contribution in [1.29, 1.82) is 0 Å². The van der Waals surface area contributed by atoms with Gasteiger partial charge in [-0.05, 0) is 73.9 Å². The van der Waals surface area contributed by atoms with Crippen LogP contribution in [0.15, 0.2) is 36.4 Å². The molecule has 0 radical (unpaired) electrons. The lowest BCUT2D eigenvalue weighted by molar-refractivity contribution is -0.124. The van der Waals surface area contributed by atoms with Crippen LogP contribution < -0.4 is 10.1 Å². The number of benzene rings is 2. The van der Waals surface area contributed by atoms with Crippen LogP contribution in [0.25, 0.3) is 0 Å². The number of carbonyl (C=O) groups is 1. The molecule has 0 heterocycles. The highest BCUT2D eigenvalue weighted by Crippen LogP contribution is 2.29. The van der Waals surface area contributed by atoms with E-state index in [0.29, 0.717) is 0 Å². The van der Waals surface area contributed by atoms with E-state index in [4.69, 9.17) is 4.74 Å². The topological polar surface area (TPSA) is 38.3 Å². The second-order valence-electron chi connectivity index (χ2n) is 6.70. The molecule has 0 spiro atoms. The van der Waals surface area contributed by atoms with Gasteiger partial charge in [0.2, 0.25) is 0 Å². The molecule has 3 nitrogen and oxygen atoms in total. The molecule has 1 atom stereocenters. The molecule has 2 aromatic rings. The lowest BCUT2D eigenvalue weighted by Crippen LogP contribution is -2.34. The minimum atomic E-state index is -0.0599. The summed E-state index contributed by atoms with van der Waals surface area (Å²) >= 11 is 0. The molecule has 0 saturated carbocycles. The monoisotopic (exact) mass is 323 g/mol. The van der Waals surface area contributed by atoms with Gasteiger partial charge >= 0.3 is 0 Å². The van der Waals surface area contributed by atoms with E-state index in [1.165, 1.54) is 16.7 Å². The Hall–Kier alpha value is -2.29. The smallest absolute Gasteiger partial charge is 0.258 e. The van der Waals surface area contributed by atoms with Crippen molar-refractivity contribution in [3.63, 3.8) is 0 Å². The van der Waals surface area contributed by atoms with Crippen LogP contribution in [-0.2, 0) is 11.2 Å². The number of nitrogens with one attached hydrogen (secondary N) is 1. The van der Waals surface area contributed by atoms with Gasteiger partial charge in [0.1, 0.15) is 5.75 Å². The lowest BCUT2D eigenvalue weighted by atomic mass is 9.88. The van der Waals surface area contributed by atoms with E-state index in [1.807, 2.05) is 26.0 Å². The maximum Gasteiger partial charge on any atom is 0.258 e. The number of fused-ring (bicyclic) bond motifs is 1. The Morgan fingerprint density at radius 2 is 2.00 bits per heavy atom. The first-order chi connectivity index (χ1) is 11.5. The number of rotatable bonds is 4. The summed E-state index contributed by atoms with van der Waals surface area (Å²) in [7, 11) is 0. The van der Waals surface area contributed by atoms with Gasteiger partial charge in [-0.3, -0.25) is 4.79 Å². The van der Waals surface area contributed by atoms with Gasteiger partial charge in [-0.2, -0.15) is 0 Å². The van der Waals surface area contributed by atoms with Gasteiger partial charge in [-0.25, -0.2) is 0 Å². The van der Waals surface area contributed by atoms with Gasteiger partial charge in [-0.15, -0.1) is 0 Å². The molecule has 1 amide bonds. The SMILES string of the molecule is Cc1cc(C)c(C)c(OCC(=O)NC2CCCc3ccccc32)c1. The summed E-state index contributed by atoms with van der Waals surface area (Å²) in [4.78, 5) is 12.3. The Labute approximate surface area is 144 Å². The minimum absolute atomic E-state index is 0.0579. The fourth-order valence-corrected chi connectivity index (χ4v) is 3.43. The number of aryl methyl sites for hydroxylation is 3. The second kappa shape index (κ2) is 7.08. The molecule has 126 valence electrons. The third-order valence-corrected chi connectivity index (χ3v) is 4.83. The largest absolute Gasteiger partial charge is 0.483 e. The van der Waals surface area contributed by atoms with Crippen molar-refractivity contribution in [3.8, 4) is 5.75 Å². The average Bonchev–Trinajstić information content (AvgIpc) is 2.57. The predicted octanol–water partition coefficient (Wildman–Crippen LogP) is 4.18. The van der Waals surface area contributed by atoms with Gasteiger partial charge in [0, 0.05) is 0 Å². The number of amides is 1. The van der Waals surface area contributed by atoms with Crippen molar-refractivity contribution in [2.75, 3.05) is 6.61 Å². The Morgan fingerprint density at radius 3 is 2.83 bits per heavy atom. The summed E-state index contributed by atoms with van der Waals surface area (Å²) in [6.45, 7) is 6.19. The quantitative estimate of drug-likeness (QED) is 0.916. The van der Waals surface area contributed by atoms with Crippen LogP contribution in [0.5, 0.6) is 5.75 Å². The zero-order valence-corrected chi connectivity index (χ0v) is 14.7. The van der Waals surface area contributed by atoms with Gasteiger partial charge in [0.05, 0.1) is 6.04 Å². The molecule has 3 rings (SSSR count). The third-order valence-electron chi connectivity index (χ3n) is 4.83. The Balaban J connectivity index is 1.63. The number of carbonyl (C=O) groups excluding carboxylic acids is 1. The summed E-state index contributed by atoms with van der Waals surface area (Å²) in [6.07, 6.45) is 3.20. The molecule has 0 saturated heterocycles. The van der Waals surface area contributed by atoms with Crippen LogP contribution in [0.4, 0.5) is 0 Å². The lowest BCUT2D eigenvalue weighted by Gasteiger charge is -2.26. The molecule has 1 unspecified atom stereocenters. The van der Waals surface area contributed by atoms with Crippen molar-refractivity contribution in [2.24, 2.45) is 0 Å². The summed E-state index contributed by atoms with van der Waals surface area (Å²) < 4.78 is 5.78. The zero-order chi connectivity index (χ0) is 17.1. The molecule has 0 aliphatic heterocycles. The standard InChI is InChI=1S/C21H25NO2/c1-14-11-15(2)16(3)20(12-14)24-13-21(23)22-19-10-6-8-17-7-4-5-9-18(17)19/h4-5,7,9,11-12,19H,6,8,10,13H2,1-3H3,(H,22,23). The highest BCUT2D eigenvalue weighted by atomic mass is 16.5. The molecule has 1 N–H and O–H groups in total. The van der Waals surface area contributed by atoms with E-state index in [9.17, 15) is 4.79 Å². The Bertz CT molecular complexity index is 751. The number of hydrogen-bond acceptors (Lipinski definition) is 2. The zero-order valence-electron chi connectivity index (χ0n) is 14.7. The van der Waals surface area contributed by atoms with Crippen LogP contribution in [0.2, 0.25) is 0 Å². The van der Waals surface area contributed by atoms with Crippen molar-refractivity contribution in [1.82, 2.24) is 5.32 Å². The molecular formula is C21H25NO2. The maximum absolute atomic E-state index is 12.3. The Morgan fingerprint density at radius 1 is 1.21 bits per heavy atom. The highest BCUT2D eigenvalue weighted by Gasteiger charge is 2.21. The van der Waals surface area contributed by atoms with Gasteiger partial charge in [0.15, 0.2) is 6.61 Å². The molecule has 0 aromatic heterocycles. The molecular weight excluding hydrogens is 298 g/mol. The van der Waals surface area contributed by atoms with E-state index in [1.54, 1.807) is 0 Å². The third kappa shape index (κ3) is 3.61. The minimum Gasteiger partial charge on any atom is -0.483 e. The fourth-order valence-electron chi connectivity index (χ4n) is 3.43. The van der Waals surface area contributed by atoms with Crippen molar-refractivity contribution < 1.29 is 9.53 Å². The van der Waals surface area contributed by atoms with Gasteiger partial charge in [0.25, 0.3) is 5.91 Å². The summed E-state index contributed by atoms with van der Waals surface area (Å²) in [6, 6.07) is 12.6. The molecule has 2 aromatic carbocycles. The van der Waals surface area contributed by atoms with E-state index in [2.05, 4.69) is 36.5 Å². The van der Waals surface area contributed by atoms with Crippen molar-refractivity contribution >= 4 is 5.91 Å². The Kier molecular flexibility index (Phi) is 4.89. The average molecular weight is 323 g/mol. The van der Waals surface area contributed by atoms with Crippen LogP contribution in [-0.4, -0.2) is 12.5 Å². The van der Waals surface area contributed by atoms with Crippen molar-refractivity contribution in [2.45, 2.75) is 46.1 Å². The molecule has 24 heavy (non-hydrogen) atoms. The fraction of sp³-hybridized carbons (Fsp3) is 0.381. The van der Waals surface area contributed by atoms with Crippen LogP contribution in [0.1, 0.15) is 46.7 Å². The highest BCUT2D eigenvalue weighted by molar-refractivity contribution is 5.78. The summed E-state index contributed by atoms with van der Waals surface area (Å²) in [5, 5.41) is 3.13. The van der Waals surface area contributed by atoms with Gasteiger partial charge < -0.3 is 10.1 Å². The number of ether oxygens (including phenoxy) is 1. The molecule has 1 aliphatic rings. The molecule has 0 fully saturated rings. The van der Waals surface area contributed by atoms with Crippen molar-refractivity contribution in [3.05, 3.63) is 64.2 Å². The molecule has 0 bridgehead atoms. The predicted molar refractivity (Wildman–Crippen MR) is 96.4 cm³/mol. The van der Waals surface area contributed by atoms with E-state index >= 15 is 0 Å². The summed E-state index contributed by atoms with van der Waals surface area (Å²) in [5.74, 6) is 0.738. The van der Waals surface area contributed by atoms with E-state index < -0.39 is 0 Å². The first-order valence-corrected chi connectivity index (χ1v) is 8.62. The second-order valence-corrected chi connectivity index (χ2v) is 6.70. The summed E-state index contributed by atoms with van der Waals surface area (Å²) in [5.41, 5.74) is 6.03. The normalized spacial score (nSPS) is 16.4. The van der Waals surface area contributed by atoms with Crippen LogP contribution >= 0.6 is 0 Å².